The van der Waals surface area contributed by atoms with Gasteiger partial charge in [0.15, 0.2) is 11.9 Å². The van der Waals surface area contributed by atoms with Crippen molar-refractivity contribution in [1.82, 2.24) is 4.90 Å². The second kappa shape index (κ2) is 3.77. The van der Waals surface area contributed by atoms with Gasteiger partial charge in [-0.1, -0.05) is 6.92 Å². The number of nitrogens with one attached hydrogen (secondary N) is 2. The SMILES string of the molecule is CCC(N)N(C(=N)N)C(=N)N. The average molecular weight is 158 g/mol. The molecular weight excluding hydrogens is 144 g/mol. The first-order chi connectivity index (χ1) is 5.00. The molecule has 0 aromatic heterocycles. The minimum Gasteiger partial charge on any atom is -0.370 e. The second-order valence-corrected chi connectivity index (χ2v) is 2.12. The third-order valence-electron chi connectivity index (χ3n) is 1.27. The number of hydrogen-bond donors (Lipinski definition) is 5. The van der Waals surface area contributed by atoms with Crippen molar-refractivity contribution in [3.8, 4) is 0 Å². The van der Waals surface area contributed by atoms with Gasteiger partial charge < -0.3 is 17.2 Å². The van der Waals surface area contributed by atoms with E-state index in [9.17, 15) is 0 Å². The largest absolute Gasteiger partial charge is 0.370 e. The van der Waals surface area contributed by atoms with Gasteiger partial charge in [0, 0.05) is 0 Å². The predicted molar refractivity (Wildman–Crippen MR) is 43.9 cm³/mol. The molecule has 1 atom stereocenters. The van der Waals surface area contributed by atoms with Crippen LogP contribution < -0.4 is 17.2 Å². The Bertz CT molecular complexity index is 150. The highest BCUT2D eigenvalue weighted by atomic mass is 15.4. The van der Waals surface area contributed by atoms with Crippen molar-refractivity contribution in [2.24, 2.45) is 17.2 Å². The van der Waals surface area contributed by atoms with Crippen LogP contribution in [0.5, 0.6) is 0 Å². The van der Waals surface area contributed by atoms with Crippen LogP contribution >= 0.6 is 0 Å². The Balaban J connectivity index is 4.34. The number of nitrogens with zero attached hydrogens (tertiary/aromatic N) is 1. The number of hydrogen-bond acceptors (Lipinski definition) is 3. The summed E-state index contributed by atoms with van der Waals surface area (Å²) in [6.07, 6.45) is 0.101. The Morgan fingerprint density at radius 1 is 1.36 bits per heavy atom. The van der Waals surface area contributed by atoms with E-state index in [1.54, 1.807) is 0 Å². The maximum absolute atomic E-state index is 7.02. The molecule has 0 fully saturated rings. The van der Waals surface area contributed by atoms with E-state index in [2.05, 4.69) is 0 Å². The van der Waals surface area contributed by atoms with Crippen molar-refractivity contribution in [2.45, 2.75) is 19.5 Å². The fourth-order valence-electron chi connectivity index (χ4n) is 0.670. The Morgan fingerprint density at radius 2 is 1.73 bits per heavy atom. The molecule has 6 nitrogen and oxygen atoms in total. The van der Waals surface area contributed by atoms with Crippen LogP contribution in [0, 0.1) is 10.8 Å². The van der Waals surface area contributed by atoms with Gasteiger partial charge in [0.25, 0.3) is 0 Å². The summed E-state index contributed by atoms with van der Waals surface area (Å²) in [5, 5.41) is 14.0. The molecule has 0 heterocycles. The van der Waals surface area contributed by atoms with E-state index in [1.807, 2.05) is 6.92 Å². The lowest BCUT2D eigenvalue weighted by molar-refractivity contribution is 0.421. The molecule has 6 heteroatoms. The third kappa shape index (κ3) is 2.42. The van der Waals surface area contributed by atoms with Crippen LogP contribution in [0.4, 0.5) is 0 Å². The molecule has 0 saturated carbocycles. The first-order valence-electron chi connectivity index (χ1n) is 3.23. The molecule has 11 heavy (non-hydrogen) atoms. The highest BCUT2D eigenvalue weighted by Crippen LogP contribution is 1.94. The zero-order valence-electron chi connectivity index (χ0n) is 6.46. The van der Waals surface area contributed by atoms with Crippen molar-refractivity contribution >= 4 is 11.9 Å². The maximum Gasteiger partial charge on any atom is 0.196 e. The van der Waals surface area contributed by atoms with E-state index >= 15 is 0 Å². The van der Waals surface area contributed by atoms with Crippen LogP contribution in [0.2, 0.25) is 0 Å². The number of nitrogens with two attached hydrogens (primary N) is 3. The number of guanidine groups is 2. The molecule has 0 aliphatic rings. The minimum absolute atomic E-state index is 0.299. The summed E-state index contributed by atoms with van der Waals surface area (Å²) in [6, 6.07) is 0. The van der Waals surface area contributed by atoms with Gasteiger partial charge in [0.1, 0.15) is 0 Å². The van der Waals surface area contributed by atoms with Crippen molar-refractivity contribution in [1.29, 1.82) is 10.8 Å². The predicted octanol–water partition coefficient (Wildman–Crippen LogP) is -1.23. The average Bonchev–Trinajstić information content (AvgIpc) is 1.85. The van der Waals surface area contributed by atoms with Crippen LogP contribution in [0.1, 0.15) is 13.3 Å². The monoisotopic (exact) mass is 158 g/mol. The maximum atomic E-state index is 7.02. The molecule has 1 unspecified atom stereocenters. The summed E-state index contributed by atoms with van der Waals surface area (Å²) < 4.78 is 0. The Labute approximate surface area is 65.3 Å². The lowest BCUT2D eigenvalue weighted by Crippen LogP contribution is -2.54. The van der Waals surface area contributed by atoms with Gasteiger partial charge in [-0.3, -0.25) is 15.7 Å². The van der Waals surface area contributed by atoms with Crippen molar-refractivity contribution in [3.63, 3.8) is 0 Å². The van der Waals surface area contributed by atoms with Gasteiger partial charge in [0.2, 0.25) is 0 Å². The lowest BCUT2D eigenvalue weighted by Gasteiger charge is -2.25. The van der Waals surface area contributed by atoms with Crippen LogP contribution in [-0.4, -0.2) is 23.0 Å². The molecular formula is C5H14N6. The van der Waals surface area contributed by atoms with Gasteiger partial charge >= 0.3 is 0 Å². The highest BCUT2D eigenvalue weighted by molar-refractivity contribution is 5.94. The summed E-state index contributed by atoms with van der Waals surface area (Å²) in [5.41, 5.74) is 15.7. The van der Waals surface area contributed by atoms with E-state index in [0.29, 0.717) is 6.42 Å². The van der Waals surface area contributed by atoms with Crippen molar-refractivity contribution in [2.75, 3.05) is 0 Å². The summed E-state index contributed by atoms with van der Waals surface area (Å²) >= 11 is 0. The van der Waals surface area contributed by atoms with E-state index in [1.165, 1.54) is 0 Å². The van der Waals surface area contributed by atoms with E-state index in [4.69, 9.17) is 28.0 Å². The van der Waals surface area contributed by atoms with Crippen molar-refractivity contribution in [3.05, 3.63) is 0 Å². The summed E-state index contributed by atoms with van der Waals surface area (Å²) in [6.45, 7) is 1.82. The van der Waals surface area contributed by atoms with Crippen LogP contribution in [0.25, 0.3) is 0 Å². The molecule has 0 radical (unpaired) electrons. The Hall–Kier alpha value is -1.30. The summed E-state index contributed by atoms with van der Waals surface area (Å²) in [7, 11) is 0. The van der Waals surface area contributed by atoms with Gasteiger partial charge in [-0.25, -0.2) is 0 Å². The highest BCUT2D eigenvalue weighted by Gasteiger charge is 2.15. The molecule has 0 aromatic carbocycles. The molecule has 0 saturated heterocycles. The van der Waals surface area contributed by atoms with Crippen LogP contribution in [-0.2, 0) is 0 Å². The second-order valence-electron chi connectivity index (χ2n) is 2.12. The van der Waals surface area contributed by atoms with Gasteiger partial charge in [-0.15, -0.1) is 0 Å². The van der Waals surface area contributed by atoms with Gasteiger partial charge in [0.05, 0.1) is 6.17 Å². The van der Waals surface area contributed by atoms with Crippen molar-refractivity contribution < 1.29 is 0 Å². The fraction of sp³-hybridized carbons (Fsp3) is 0.600. The molecule has 0 rings (SSSR count). The van der Waals surface area contributed by atoms with Gasteiger partial charge in [-0.05, 0) is 6.42 Å². The van der Waals surface area contributed by atoms with E-state index in [-0.39, 0.29) is 11.9 Å². The third-order valence-corrected chi connectivity index (χ3v) is 1.27. The first-order valence-corrected chi connectivity index (χ1v) is 3.23. The van der Waals surface area contributed by atoms with Crippen LogP contribution in [0.15, 0.2) is 0 Å². The molecule has 0 aliphatic heterocycles. The zero-order valence-corrected chi connectivity index (χ0v) is 6.46. The van der Waals surface area contributed by atoms with Crippen LogP contribution in [0.3, 0.4) is 0 Å². The Morgan fingerprint density at radius 3 is 1.82 bits per heavy atom. The quantitative estimate of drug-likeness (QED) is 0.196. The smallest absolute Gasteiger partial charge is 0.196 e. The first kappa shape index (κ1) is 9.70. The topological polar surface area (TPSA) is 129 Å². The standard InChI is InChI=1S/C5H14N6/c1-2-3(6)11(4(7)8)5(9)10/h3H,2,6H2,1H3,(H3,7,8)(H3,9,10). The number of rotatable bonds is 2. The molecule has 0 amide bonds. The van der Waals surface area contributed by atoms with E-state index < -0.39 is 6.17 Å². The molecule has 0 aliphatic carbocycles. The molecule has 0 bridgehead atoms. The molecule has 64 valence electrons. The lowest BCUT2D eigenvalue weighted by atomic mass is 10.3. The van der Waals surface area contributed by atoms with Gasteiger partial charge in [-0.2, -0.15) is 0 Å². The summed E-state index contributed by atoms with van der Waals surface area (Å²) in [5.74, 6) is -0.598. The fourth-order valence-corrected chi connectivity index (χ4v) is 0.670. The molecule has 0 spiro atoms. The molecule has 0 aromatic rings. The van der Waals surface area contributed by atoms with E-state index in [0.717, 1.165) is 4.90 Å². The summed E-state index contributed by atoms with van der Waals surface area (Å²) in [4.78, 5) is 1.06. The normalized spacial score (nSPS) is 12.2. The zero-order chi connectivity index (χ0) is 9.02. The Kier molecular flexibility index (Phi) is 3.32. The minimum atomic E-state index is -0.481. The molecule has 8 N–H and O–H groups in total.